The van der Waals surface area contributed by atoms with Crippen molar-refractivity contribution in [2.45, 2.75) is 13.3 Å². The molecule has 0 aliphatic rings. The van der Waals surface area contributed by atoms with Crippen LogP contribution < -0.4 is 0 Å². The summed E-state index contributed by atoms with van der Waals surface area (Å²) in [5.41, 5.74) is 2.25. The minimum Gasteiger partial charge on any atom is -0.458 e. The van der Waals surface area contributed by atoms with Crippen LogP contribution in [0.2, 0.25) is 0 Å². The molecule has 1 heterocycles. The number of furan rings is 1. The van der Waals surface area contributed by atoms with E-state index in [-0.39, 0.29) is 0 Å². The van der Waals surface area contributed by atoms with Crippen molar-refractivity contribution >= 4 is 22.2 Å². The molecular weight excluding hydrogens is 268 g/mol. The average molecular weight is 279 g/mol. The van der Waals surface area contributed by atoms with Crippen LogP contribution in [0.1, 0.15) is 27.4 Å². The molecule has 82 valence electrons. The van der Waals surface area contributed by atoms with E-state index < -0.39 is 0 Å². The molecule has 16 heavy (non-hydrogen) atoms. The van der Waals surface area contributed by atoms with Crippen molar-refractivity contribution in [3.8, 4) is 0 Å². The van der Waals surface area contributed by atoms with Gasteiger partial charge < -0.3 is 4.42 Å². The SMILES string of the molecule is Cc1oc(C=O)cc1Cc1cccc(Br)c1. The highest BCUT2D eigenvalue weighted by Crippen LogP contribution is 2.19. The topological polar surface area (TPSA) is 30.2 Å². The second kappa shape index (κ2) is 4.66. The predicted octanol–water partition coefficient (Wildman–Crippen LogP) is 3.75. The van der Waals surface area contributed by atoms with Gasteiger partial charge in [-0.2, -0.15) is 0 Å². The van der Waals surface area contributed by atoms with Crippen LogP contribution >= 0.6 is 15.9 Å². The number of halogens is 1. The van der Waals surface area contributed by atoms with E-state index in [1.54, 1.807) is 6.07 Å². The first-order chi connectivity index (χ1) is 7.69. The minimum absolute atomic E-state index is 0.391. The normalized spacial score (nSPS) is 10.4. The van der Waals surface area contributed by atoms with Crippen molar-refractivity contribution in [1.29, 1.82) is 0 Å². The van der Waals surface area contributed by atoms with E-state index in [0.717, 1.165) is 28.5 Å². The van der Waals surface area contributed by atoms with Crippen LogP contribution in [0.5, 0.6) is 0 Å². The zero-order valence-corrected chi connectivity index (χ0v) is 10.5. The smallest absolute Gasteiger partial charge is 0.185 e. The summed E-state index contributed by atoms with van der Waals surface area (Å²) in [4.78, 5) is 10.6. The molecule has 3 heteroatoms. The summed E-state index contributed by atoms with van der Waals surface area (Å²) in [7, 11) is 0. The van der Waals surface area contributed by atoms with Crippen LogP contribution in [0.3, 0.4) is 0 Å². The Labute approximate surface area is 102 Å². The first kappa shape index (κ1) is 11.1. The third-order valence-electron chi connectivity index (χ3n) is 2.44. The average Bonchev–Trinajstić information content (AvgIpc) is 2.60. The Kier molecular flexibility index (Phi) is 3.25. The van der Waals surface area contributed by atoms with Crippen LogP contribution in [0.15, 0.2) is 39.2 Å². The lowest BCUT2D eigenvalue weighted by Gasteiger charge is -2.00. The molecule has 0 bridgehead atoms. The Morgan fingerprint density at radius 1 is 1.38 bits per heavy atom. The van der Waals surface area contributed by atoms with Gasteiger partial charge in [0, 0.05) is 10.9 Å². The van der Waals surface area contributed by atoms with Crippen LogP contribution in [-0.4, -0.2) is 6.29 Å². The van der Waals surface area contributed by atoms with Crippen molar-refractivity contribution in [2.75, 3.05) is 0 Å². The minimum atomic E-state index is 0.391. The van der Waals surface area contributed by atoms with Gasteiger partial charge in [0.2, 0.25) is 0 Å². The molecule has 0 aliphatic heterocycles. The monoisotopic (exact) mass is 278 g/mol. The van der Waals surface area contributed by atoms with Gasteiger partial charge in [0.25, 0.3) is 0 Å². The summed E-state index contributed by atoms with van der Waals surface area (Å²) in [6, 6.07) is 9.89. The zero-order chi connectivity index (χ0) is 11.5. The van der Waals surface area contributed by atoms with E-state index in [0.29, 0.717) is 5.76 Å². The Hall–Kier alpha value is -1.35. The molecule has 1 aromatic carbocycles. The van der Waals surface area contributed by atoms with E-state index in [4.69, 9.17) is 4.42 Å². The van der Waals surface area contributed by atoms with Gasteiger partial charge in [-0.3, -0.25) is 4.79 Å². The fourth-order valence-electron chi connectivity index (χ4n) is 1.65. The van der Waals surface area contributed by atoms with Gasteiger partial charge in [-0.25, -0.2) is 0 Å². The number of hydrogen-bond acceptors (Lipinski definition) is 2. The number of carbonyl (C=O) groups is 1. The largest absolute Gasteiger partial charge is 0.458 e. The molecule has 0 saturated carbocycles. The third kappa shape index (κ3) is 2.42. The molecule has 0 amide bonds. The van der Waals surface area contributed by atoms with E-state index in [2.05, 4.69) is 28.1 Å². The molecule has 0 saturated heterocycles. The van der Waals surface area contributed by atoms with Gasteiger partial charge in [0.15, 0.2) is 12.0 Å². The molecule has 2 rings (SSSR count). The number of benzene rings is 1. The Morgan fingerprint density at radius 3 is 2.81 bits per heavy atom. The molecular formula is C13H11BrO2. The summed E-state index contributed by atoms with van der Waals surface area (Å²) in [6.45, 7) is 1.88. The summed E-state index contributed by atoms with van der Waals surface area (Å²) in [6.07, 6.45) is 1.51. The maximum atomic E-state index is 10.6. The molecule has 0 unspecified atom stereocenters. The highest BCUT2D eigenvalue weighted by atomic mass is 79.9. The fraction of sp³-hybridized carbons (Fsp3) is 0.154. The van der Waals surface area contributed by atoms with Crippen molar-refractivity contribution in [2.24, 2.45) is 0 Å². The van der Waals surface area contributed by atoms with Crippen LogP contribution in [-0.2, 0) is 6.42 Å². The number of aldehydes is 1. The summed E-state index contributed by atoms with van der Waals surface area (Å²) in [5, 5.41) is 0. The van der Waals surface area contributed by atoms with E-state index in [9.17, 15) is 4.79 Å². The first-order valence-electron chi connectivity index (χ1n) is 4.98. The summed E-state index contributed by atoms with van der Waals surface area (Å²) < 4.78 is 6.34. The quantitative estimate of drug-likeness (QED) is 0.801. The van der Waals surface area contributed by atoms with Gasteiger partial charge in [0.05, 0.1) is 0 Å². The summed E-state index contributed by atoms with van der Waals surface area (Å²) >= 11 is 3.43. The standard InChI is InChI=1S/C13H11BrO2/c1-9-11(7-13(8-15)16-9)5-10-3-2-4-12(14)6-10/h2-4,6-8H,5H2,1H3. The first-order valence-corrected chi connectivity index (χ1v) is 5.77. The van der Waals surface area contributed by atoms with Crippen LogP contribution in [0.4, 0.5) is 0 Å². The highest BCUT2D eigenvalue weighted by molar-refractivity contribution is 9.10. The lowest BCUT2D eigenvalue weighted by atomic mass is 10.1. The van der Waals surface area contributed by atoms with E-state index in [1.807, 2.05) is 19.1 Å². The van der Waals surface area contributed by atoms with Gasteiger partial charge in [0.1, 0.15) is 5.76 Å². The zero-order valence-electron chi connectivity index (χ0n) is 8.87. The van der Waals surface area contributed by atoms with Crippen molar-refractivity contribution in [3.05, 3.63) is 57.5 Å². The highest BCUT2D eigenvalue weighted by Gasteiger charge is 2.07. The second-order valence-electron chi connectivity index (χ2n) is 3.65. The molecule has 2 aromatic rings. The number of aryl methyl sites for hydroxylation is 1. The van der Waals surface area contributed by atoms with E-state index >= 15 is 0 Å². The molecule has 0 atom stereocenters. The molecule has 2 nitrogen and oxygen atoms in total. The van der Waals surface area contributed by atoms with Crippen LogP contribution in [0.25, 0.3) is 0 Å². The molecule has 0 radical (unpaired) electrons. The van der Waals surface area contributed by atoms with Gasteiger partial charge in [-0.15, -0.1) is 0 Å². The van der Waals surface area contributed by atoms with Crippen molar-refractivity contribution in [3.63, 3.8) is 0 Å². The van der Waals surface area contributed by atoms with Crippen molar-refractivity contribution in [1.82, 2.24) is 0 Å². The molecule has 0 fully saturated rings. The summed E-state index contributed by atoms with van der Waals surface area (Å²) in [5.74, 6) is 1.20. The second-order valence-corrected chi connectivity index (χ2v) is 4.57. The van der Waals surface area contributed by atoms with Gasteiger partial charge in [-0.05, 0) is 36.2 Å². The number of hydrogen-bond donors (Lipinski definition) is 0. The fourth-order valence-corrected chi connectivity index (χ4v) is 2.09. The van der Waals surface area contributed by atoms with Crippen molar-refractivity contribution < 1.29 is 9.21 Å². The molecule has 0 aliphatic carbocycles. The Morgan fingerprint density at radius 2 is 2.19 bits per heavy atom. The molecule has 1 aromatic heterocycles. The lowest BCUT2D eigenvalue weighted by Crippen LogP contribution is -1.87. The van der Waals surface area contributed by atoms with Gasteiger partial charge >= 0.3 is 0 Å². The number of carbonyl (C=O) groups excluding carboxylic acids is 1. The maximum Gasteiger partial charge on any atom is 0.185 e. The Balaban J connectivity index is 2.26. The lowest BCUT2D eigenvalue weighted by molar-refractivity contribution is 0.109. The molecule has 0 spiro atoms. The van der Waals surface area contributed by atoms with Crippen LogP contribution in [0, 0.1) is 6.92 Å². The Bertz CT molecular complexity index is 514. The maximum absolute atomic E-state index is 10.6. The molecule has 0 N–H and O–H groups in total. The predicted molar refractivity (Wildman–Crippen MR) is 65.8 cm³/mol. The third-order valence-corrected chi connectivity index (χ3v) is 2.93. The van der Waals surface area contributed by atoms with Gasteiger partial charge in [-0.1, -0.05) is 28.1 Å². The number of rotatable bonds is 3. The van der Waals surface area contributed by atoms with E-state index in [1.165, 1.54) is 5.56 Å².